The Labute approximate surface area is 105 Å². The number of alkyl halides is 1. The quantitative estimate of drug-likeness (QED) is 0.484. The summed E-state index contributed by atoms with van der Waals surface area (Å²) in [5.41, 5.74) is 3.52. The third-order valence-electron chi connectivity index (χ3n) is 2.50. The fourth-order valence-electron chi connectivity index (χ4n) is 1.53. The van der Waals surface area contributed by atoms with Crippen molar-refractivity contribution in [3.63, 3.8) is 0 Å². The fraction of sp³-hybridized carbons (Fsp3) is 0.417. The number of carbonyl (C=O) groups is 1. The van der Waals surface area contributed by atoms with E-state index in [0.29, 0.717) is 12.3 Å². The lowest BCUT2D eigenvalue weighted by Gasteiger charge is -2.12. The van der Waals surface area contributed by atoms with E-state index < -0.39 is 0 Å². The predicted molar refractivity (Wildman–Crippen MR) is 67.3 cm³/mol. The maximum atomic E-state index is 11.4. The molecule has 1 aromatic carbocycles. The second kappa shape index (κ2) is 6.59. The maximum Gasteiger partial charge on any atom is 0.225 e. The van der Waals surface area contributed by atoms with E-state index in [9.17, 15) is 4.79 Å². The van der Waals surface area contributed by atoms with Crippen molar-refractivity contribution < 1.29 is 14.9 Å². The van der Waals surface area contributed by atoms with Gasteiger partial charge in [-0.1, -0.05) is 6.07 Å². The van der Waals surface area contributed by atoms with Crippen LogP contribution in [0.5, 0.6) is 0 Å². The molecule has 0 aromatic heterocycles. The summed E-state index contributed by atoms with van der Waals surface area (Å²) in [7, 11) is 0. The van der Waals surface area contributed by atoms with Gasteiger partial charge in [0.2, 0.25) is 5.91 Å². The van der Waals surface area contributed by atoms with Crippen LogP contribution in [0.2, 0.25) is 0 Å². The zero-order valence-electron chi connectivity index (χ0n) is 9.92. The van der Waals surface area contributed by atoms with E-state index in [1.807, 2.05) is 26.0 Å². The van der Waals surface area contributed by atoms with Gasteiger partial charge in [-0.05, 0) is 36.6 Å². The number of nitrogens with one attached hydrogen (secondary N) is 1. The molecule has 17 heavy (non-hydrogen) atoms. The standard InChI is InChI=1S/C12H16ClNO3/c1-8-6-11(14-12(15)3-4-13)9(2)5-10(8)7-17-16/h5-6,16H,3-4,7H2,1-2H3,(H,14,15). The molecule has 4 nitrogen and oxygen atoms in total. The molecular weight excluding hydrogens is 242 g/mol. The Morgan fingerprint density at radius 2 is 2.12 bits per heavy atom. The van der Waals surface area contributed by atoms with Gasteiger partial charge in [0.15, 0.2) is 0 Å². The summed E-state index contributed by atoms with van der Waals surface area (Å²) in [6, 6.07) is 3.73. The first-order valence-electron chi connectivity index (χ1n) is 5.30. The summed E-state index contributed by atoms with van der Waals surface area (Å²) in [6.45, 7) is 3.92. The first-order chi connectivity index (χ1) is 8.08. The van der Waals surface area contributed by atoms with Gasteiger partial charge in [0.1, 0.15) is 6.61 Å². The van der Waals surface area contributed by atoms with Crippen LogP contribution in [0.25, 0.3) is 0 Å². The van der Waals surface area contributed by atoms with Crippen molar-refractivity contribution in [3.8, 4) is 0 Å². The highest BCUT2D eigenvalue weighted by atomic mass is 35.5. The molecule has 94 valence electrons. The average molecular weight is 258 g/mol. The van der Waals surface area contributed by atoms with Crippen molar-refractivity contribution in [2.75, 3.05) is 11.2 Å². The molecular formula is C12H16ClNO3. The molecule has 0 aliphatic carbocycles. The second-order valence-electron chi connectivity index (χ2n) is 3.85. The van der Waals surface area contributed by atoms with Gasteiger partial charge in [-0.3, -0.25) is 10.1 Å². The van der Waals surface area contributed by atoms with Crippen molar-refractivity contribution in [1.29, 1.82) is 0 Å². The summed E-state index contributed by atoms with van der Waals surface area (Å²) >= 11 is 5.50. The number of hydrogen-bond acceptors (Lipinski definition) is 3. The number of hydrogen-bond donors (Lipinski definition) is 2. The molecule has 1 rings (SSSR count). The van der Waals surface area contributed by atoms with Crippen LogP contribution in [-0.2, 0) is 16.3 Å². The summed E-state index contributed by atoms with van der Waals surface area (Å²) in [5.74, 6) is 0.203. The van der Waals surface area contributed by atoms with E-state index in [4.69, 9.17) is 16.9 Å². The first-order valence-corrected chi connectivity index (χ1v) is 5.84. The molecule has 0 aliphatic heterocycles. The molecule has 0 fully saturated rings. The number of aryl methyl sites for hydroxylation is 2. The van der Waals surface area contributed by atoms with Gasteiger partial charge in [-0.2, -0.15) is 0 Å². The Bertz CT molecular complexity index is 407. The number of halogens is 1. The summed E-state index contributed by atoms with van der Waals surface area (Å²) in [4.78, 5) is 15.5. The lowest BCUT2D eigenvalue weighted by Crippen LogP contribution is -2.13. The number of amides is 1. The minimum atomic E-state index is -0.103. The molecule has 0 saturated heterocycles. The van der Waals surface area contributed by atoms with Gasteiger partial charge in [-0.15, -0.1) is 11.6 Å². The lowest BCUT2D eigenvalue weighted by atomic mass is 10.0. The van der Waals surface area contributed by atoms with E-state index in [1.54, 1.807) is 0 Å². The largest absolute Gasteiger partial charge is 0.326 e. The topological polar surface area (TPSA) is 58.6 Å². The number of anilines is 1. The molecule has 0 saturated carbocycles. The fourth-order valence-corrected chi connectivity index (χ4v) is 1.71. The Kier molecular flexibility index (Phi) is 5.41. The van der Waals surface area contributed by atoms with Crippen LogP contribution in [0.4, 0.5) is 5.69 Å². The molecule has 0 radical (unpaired) electrons. The summed E-state index contributed by atoms with van der Waals surface area (Å²) in [5, 5.41) is 11.2. The second-order valence-corrected chi connectivity index (χ2v) is 4.23. The molecule has 0 heterocycles. The van der Waals surface area contributed by atoms with Crippen LogP contribution < -0.4 is 5.32 Å². The number of rotatable bonds is 5. The predicted octanol–water partition coefficient (Wildman–Crippen LogP) is 2.86. The van der Waals surface area contributed by atoms with E-state index in [2.05, 4.69) is 10.2 Å². The van der Waals surface area contributed by atoms with Crippen molar-refractivity contribution in [2.45, 2.75) is 26.9 Å². The van der Waals surface area contributed by atoms with Crippen LogP contribution >= 0.6 is 11.6 Å². The molecule has 0 aliphatic rings. The molecule has 0 unspecified atom stereocenters. The van der Waals surface area contributed by atoms with Gasteiger partial charge in [0.25, 0.3) is 0 Å². The molecule has 1 aromatic rings. The van der Waals surface area contributed by atoms with Gasteiger partial charge >= 0.3 is 0 Å². The molecule has 2 N–H and O–H groups in total. The molecule has 5 heteroatoms. The SMILES string of the molecule is Cc1cc(NC(=O)CCCl)c(C)cc1COO. The van der Waals surface area contributed by atoms with Crippen LogP contribution in [0.3, 0.4) is 0 Å². The van der Waals surface area contributed by atoms with E-state index in [1.165, 1.54) is 0 Å². The lowest BCUT2D eigenvalue weighted by molar-refractivity contribution is -0.253. The highest BCUT2D eigenvalue weighted by molar-refractivity contribution is 6.19. The van der Waals surface area contributed by atoms with Crippen molar-refractivity contribution >= 4 is 23.2 Å². The van der Waals surface area contributed by atoms with Crippen molar-refractivity contribution in [1.82, 2.24) is 0 Å². The highest BCUT2D eigenvalue weighted by Crippen LogP contribution is 2.21. The Balaban J connectivity index is 2.87. The van der Waals surface area contributed by atoms with Crippen LogP contribution in [0.1, 0.15) is 23.1 Å². The van der Waals surface area contributed by atoms with Crippen LogP contribution in [0, 0.1) is 13.8 Å². The van der Waals surface area contributed by atoms with Gasteiger partial charge in [0.05, 0.1) is 0 Å². The minimum Gasteiger partial charge on any atom is -0.326 e. The maximum absolute atomic E-state index is 11.4. The molecule has 0 spiro atoms. The van der Waals surface area contributed by atoms with Gasteiger partial charge in [-0.25, -0.2) is 4.89 Å². The van der Waals surface area contributed by atoms with Crippen LogP contribution in [-0.4, -0.2) is 17.0 Å². The summed E-state index contributed by atoms with van der Waals surface area (Å²) < 4.78 is 0. The van der Waals surface area contributed by atoms with Gasteiger partial charge < -0.3 is 5.32 Å². The highest BCUT2D eigenvalue weighted by Gasteiger charge is 2.07. The zero-order valence-corrected chi connectivity index (χ0v) is 10.7. The Hall–Kier alpha value is -1.10. The van der Waals surface area contributed by atoms with E-state index in [-0.39, 0.29) is 12.5 Å². The van der Waals surface area contributed by atoms with E-state index in [0.717, 1.165) is 22.4 Å². The smallest absolute Gasteiger partial charge is 0.225 e. The molecule has 0 atom stereocenters. The molecule has 1 amide bonds. The number of benzene rings is 1. The third kappa shape index (κ3) is 4.00. The van der Waals surface area contributed by atoms with E-state index >= 15 is 0 Å². The Morgan fingerprint density at radius 3 is 2.71 bits per heavy atom. The van der Waals surface area contributed by atoms with Crippen molar-refractivity contribution in [2.24, 2.45) is 0 Å². The third-order valence-corrected chi connectivity index (χ3v) is 2.69. The number of carbonyl (C=O) groups excluding carboxylic acids is 1. The monoisotopic (exact) mass is 257 g/mol. The van der Waals surface area contributed by atoms with Gasteiger partial charge in [0, 0.05) is 18.0 Å². The zero-order chi connectivity index (χ0) is 12.8. The normalized spacial score (nSPS) is 10.4. The molecule has 0 bridgehead atoms. The first kappa shape index (κ1) is 14.0. The Morgan fingerprint density at radius 1 is 1.41 bits per heavy atom. The average Bonchev–Trinajstić information content (AvgIpc) is 2.26. The minimum absolute atomic E-state index is 0.103. The summed E-state index contributed by atoms with van der Waals surface area (Å²) in [6.07, 6.45) is 0.293. The van der Waals surface area contributed by atoms with Crippen LogP contribution in [0.15, 0.2) is 12.1 Å². The van der Waals surface area contributed by atoms with Crippen molar-refractivity contribution in [3.05, 3.63) is 28.8 Å².